The molecule has 2 aliphatic rings. The number of amides is 2. The molecule has 46 heavy (non-hydrogen) atoms. The van der Waals surface area contributed by atoms with Crippen molar-refractivity contribution in [2.75, 3.05) is 51.3 Å². The van der Waals surface area contributed by atoms with Crippen molar-refractivity contribution < 1.29 is 49.8 Å². The van der Waals surface area contributed by atoms with E-state index in [1.807, 2.05) is 23.1 Å². The van der Waals surface area contributed by atoms with Crippen LogP contribution in [0.25, 0.3) is 0 Å². The molecule has 0 spiro atoms. The van der Waals surface area contributed by atoms with Gasteiger partial charge < -0.3 is 24.2 Å². The van der Waals surface area contributed by atoms with Gasteiger partial charge in [0, 0.05) is 32.7 Å². The van der Waals surface area contributed by atoms with E-state index in [9.17, 15) is 40.3 Å². The molecule has 7 nitrogen and oxygen atoms in total. The molecule has 2 saturated heterocycles. The highest BCUT2D eigenvalue weighted by Crippen LogP contribution is 2.37. The molecule has 0 N–H and O–H groups in total. The fraction of sp³-hybridized carbons (Fsp3) is 0.375. The quantitative estimate of drug-likeness (QED) is 0.294. The molecule has 0 bridgehead atoms. The van der Waals surface area contributed by atoms with E-state index < -0.39 is 58.8 Å². The number of methoxy groups -OCH3 is 1. The van der Waals surface area contributed by atoms with Gasteiger partial charge in [0.2, 0.25) is 5.60 Å². The number of halogens is 7. The molecule has 1 unspecified atom stereocenters. The van der Waals surface area contributed by atoms with Gasteiger partial charge >= 0.3 is 12.4 Å². The first-order chi connectivity index (χ1) is 21.7. The maximum Gasteiger partial charge on any atom is 0.417 e. The fourth-order valence-corrected chi connectivity index (χ4v) is 5.87. The summed E-state index contributed by atoms with van der Waals surface area (Å²) < 4.78 is 107. The Labute approximate surface area is 260 Å². The van der Waals surface area contributed by atoms with E-state index >= 15 is 0 Å². The lowest BCUT2D eigenvalue weighted by Gasteiger charge is -2.45. The third-order valence-corrected chi connectivity index (χ3v) is 8.14. The summed E-state index contributed by atoms with van der Waals surface area (Å²) in [7, 11) is 1.54. The van der Waals surface area contributed by atoms with Crippen LogP contribution in [0.15, 0.2) is 66.7 Å². The van der Waals surface area contributed by atoms with Crippen molar-refractivity contribution in [3.63, 3.8) is 0 Å². The van der Waals surface area contributed by atoms with Crippen LogP contribution in [0.5, 0.6) is 11.5 Å². The van der Waals surface area contributed by atoms with Gasteiger partial charge in [0.1, 0.15) is 17.3 Å². The zero-order valence-corrected chi connectivity index (χ0v) is 24.6. The van der Waals surface area contributed by atoms with Crippen molar-refractivity contribution >= 4 is 17.5 Å². The van der Waals surface area contributed by atoms with Crippen LogP contribution in [-0.4, -0.2) is 73.6 Å². The SMILES string of the molecule is COc1ccccc1N1CCN(C(=O)C2(Oc3ccc(C(F)(F)F)cc3)CCCN(C(=O)c3cc(F)ccc3C(F)(F)F)C2)CC1. The molecule has 0 radical (unpaired) electrons. The van der Waals surface area contributed by atoms with Crippen LogP contribution in [0, 0.1) is 5.82 Å². The lowest BCUT2D eigenvalue weighted by Crippen LogP contribution is -2.64. The summed E-state index contributed by atoms with van der Waals surface area (Å²) in [6, 6.07) is 12.6. The first-order valence-electron chi connectivity index (χ1n) is 14.4. The number of carbonyl (C=O) groups excluding carboxylic acids is 2. The van der Waals surface area contributed by atoms with E-state index in [-0.39, 0.29) is 38.2 Å². The molecule has 0 aromatic heterocycles. The average Bonchev–Trinajstić information content (AvgIpc) is 3.03. The Morgan fingerprint density at radius 2 is 1.48 bits per heavy atom. The number of rotatable bonds is 6. The number of alkyl halides is 6. The Morgan fingerprint density at radius 1 is 0.804 bits per heavy atom. The second-order valence-corrected chi connectivity index (χ2v) is 11.1. The smallest absolute Gasteiger partial charge is 0.417 e. The van der Waals surface area contributed by atoms with Gasteiger partial charge in [-0.2, -0.15) is 26.3 Å². The number of ether oxygens (including phenoxy) is 2. The Kier molecular flexibility index (Phi) is 9.09. The van der Waals surface area contributed by atoms with Crippen LogP contribution < -0.4 is 14.4 Å². The molecule has 0 saturated carbocycles. The third kappa shape index (κ3) is 6.85. The predicted octanol–water partition coefficient (Wildman–Crippen LogP) is 6.27. The Balaban J connectivity index is 1.44. The normalized spacial score (nSPS) is 19.2. The van der Waals surface area contributed by atoms with E-state index in [4.69, 9.17) is 9.47 Å². The van der Waals surface area contributed by atoms with Gasteiger partial charge in [0.15, 0.2) is 0 Å². The van der Waals surface area contributed by atoms with Crippen LogP contribution in [0.2, 0.25) is 0 Å². The van der Waals surface area contributed by atoms with E-state index in [0.29, 0.717) is 37.0 Å². The molecule has 5 rings (SSSR count). The molecular formula is C32H30F7N3O4. The van der Waals surface area contributed by atoms with Gasteiger partial charge in [0.25, 0.3) is 11.8 Å². The van der Waals surface area contributed by atoms with E-state index in [0.717, 1.165) is 34.9 Å². The van der Waals surface area contributed by atoms with Gasteiger partial charge in [-0.15, -0.1) is 0 Å². The van der Waals surface area contributed by atoms with E-state index in [1.54, 1.807) is 13.2 Å². The van der Waals surface area contributed by atoms with E-state index in [2.05, 4.69) is 0 Å². The molecule has 1 atom stereocenters. The topological polar surface area (TPSA) is 62.3 Å². The van der Waals surface area contributed by atoms with Gasteiger partial charge in [-0.1, -0.05) is 12.1 Å². The number of anilines is 1. The standard InChI is InChI=1S/C32H30F7N3O4/c1-45-27-6-3-2-5-26(27)40-15-17-41(18-16-40)29(44)30(46-23-10-7-21(8-11-23)31(34,35)36)13-4-14-42(20-30)28(43)24-19-22(33)9-12-25(24)32(37,38)39/h2-3,5-12,19H,4,13-18,20H2,1H3. The van der Waals surface area contributed by atoms with Crippen molar-refractivity contribution in [1.82, 2.24) is 9.80 Å². The van der Waals surface area contributed by atoms with Gasteiger partial charge in [-0.05, 0) is 67.4 Å². The highest BCUT2D eigenvalue weighted by molar-refractivity contribution is 5.97. The molecule has 14 heteroatoms. The number of para-hydroxylation sites is 2. The van der Waals surface area contributed by atoms with Crippen molar-refractivity contribution in [3.05, 3.63) is 89.2 Å². The summed E-state index contributed by atoms with van der Waals surface area (Å²) >= 11 is 0. The summed E-state index contributed by atoms with van der Waals surface area (Å²) in [6.07, 6.45) is -9.43. The fourth-order valence-electron chi connectivity index (χ4n) is 5.87. The van der Waals surface area contributed by atoms with Crippen LogP contribution in [0.3, 0.4) is 0 Å². The molecule has 2 heterocycles. The summed E-state index contributed by atoms with van der Waals surface area (Å²) in [6.45, 7) is 0.648. The van der Waals surface area contributed by atoms with Crippen LogP contribution in [0.4, 0.5) is 36.4 Å². The molecule has 2 aliphatic heterocycles. The van der Waals surface area contributed by atoms with Crippen LogP contribution in [-0.2, 0) is 17.1 Å². The zero-order valence-electron chi connectivity index (χ0n) is 24.6. The average molecular weight is 654 g/mol. The minimum Gasteiger partial charge on any atom is -0.495 e. The van der Waals surface area contributed by atoms with Crippen molar-refractivity contribution in [1.29, 1.82) is 0 Å². The molecule has 246 valence electrons. The monoisotopic (exact) mass is 653 g/mol. The highest BCUT2D eigenvalue weighted by atomic mass is 19.4. The minimum atomic E-state index is -4.96. The molecule has 3 aromatic carbocycles. The first kappa shape index (κ1) is 32.9. The number of benzene rings is 3. The lowest BCUT2D eigenvalue weighted by molar-refractivity contribution is -0.153. The number of carbonyl (C=O) groups is 2. The van der Waals surface area contributed by atoms with Gasteiger partial charge in [-0.3, -0.25) is 9.59 Å². The van der Waals surface area contributed by atoms with Crippen molar-refractivity contribution in [3.8, 4) is 11.5 Å². The Bertz CT molecular complexity index is 1570. The van der Waals surface area contributed by atoms with Crippen LogP contribution >= 0.6 is 0 Å². The number of hydrogen-bond acceptors (Lipinski definition) is 5. The zero-order chi connectivity index (χ0) is 33.3. The third-order valence-electron chi connectivity index (χ3n) is 8.14. The largest absolute Gasteiger partial charge is 0.495 e. The van der Waals surface area contributed by atoms with Gasteiger partial charge in [0.05, 0.1) is 36.0 Å². The van der Waals surface area contributed by atoms with Crippen molar-refractivity contribution in [2.24, 2.45) is 0 Å². The molecule has 2 fully saturated rings. The van der Waals surface area contributed by atoms with Crippen molar-refractivity contribution in [2.45, 2.75) is 30.8 Å². The molecule has 2 amide bonds. The first-order valence-corrected chi connectivity index (χ1v) is 14.4. The number of piperidine rings is 1. The second-order valence-electron chi connectivity index (χ2n) is 11.1. The predicted molar refractivity (Wildman–Crippen MR) is 153 cm³/mol. The lowest BCUT2D eigenvalue weighted by atomic mass is 9.89. The minimum absolute atomic E-state index is 0.0264. The Hall–Kier alpha value is -4.49. The molecular weight excluding hydrogens is 623 g/mol. The summed E-state index contributed by atoms with van der Waals surface area (Å²) in [4.78, 5) is 32.3. The number of piperazine rings is 1. The summed E-state index contributed by atoms with van der Waals surface area (Å²) in [5, 5.41) is 0. The van der Waals surface area contributed by atoms with E-state index in [1.165, 1.54) is 4.90 Å². The maximum atomic E-state index is 14.3. The van der Waals surface area contributed by atoms with Crippen LogP contribution in [0.1, 0.15) is 34.3 Å². The number of hydrogen-bond donors (Lipinski definition) is 0. The Morgan fingerprint density at radius 3 is 2.11 bits per heavy atom. The van der Waals surface area contributed by atoms with Gasteiger partial charge in [-0.25, -0.2) is 4.39 Å². The second kappa shape index (κ2) is 12.7. The maximum absolute atomic E-state index is 14.3. The summed E-state index contributed by atoms with van der Waals surface area (Å²) in [5.74, 6) is -2.23. The summed E-state index contributed by atoms with van der Waals surface area (Å²) in [5.41, 5.74) is -4.23. The molecule has 0 aliphatic carbocycles. The highest BCUT2D eigenvalue weighted by Gasteiger charge is 2.49. The number of likely N-dealkylation sites (tertiary alicyclic amines) is 1. The number of nitrogens with zero attached hydrogens (tertiary/aromatic N) is 3. The molecule has 3 aromatic rings.